The van der Waals surface area contributed by atoms with Crippen LogP contribution in [0.2, 0.25) is 0 Å². The number of piperidine rings is 1. The normalized spacial score (nSPS) is 18.7. The molecule has 1 heterocycles. The number of likely N-dealkylation sites (tertiary alicyclic amines) is 1. The van der Waals surface area contributed by atoms with Crippen LogP contribution in [0.4, 0.5) is 9.18 Å². The van der Waals surface area contributed by atoms with Crippen LogP contribution in [0.5, 0.6) is 11.5 Å². The van der Waals surface area contributed by atoms with Gasteiger partial charge in [-0.05, 0) is 63.3 Å². The smallest absolute Gasteiger partial charge is 0.317 e. The molecule has 2 aromatic carbocycles. The lowest BCUT2D eigenvalue weighted by Crippen LogP contribution is -2.57. The summed E-state index contributed by atoms with van der Waals surface area (Å²) in [5.74, 6) is -0.467. The van der Waals surface area contributed by atoms with Gasteiger partial charge in [-0.3, -0.25) is 0 Å². The van der Waals surface area contributed by atoms with Crippen molar-refractivity contribution in [2.45, 2.75) is 63.7 Å². The quantitative estimate of drug-likeness (QED) is 0.251. The van der Waals surface area contributed by atoms with Crippen LogP contribution in [0.15, 0.2) is 48.5 Å². The zero-order valence-corrected chi connectivity index (χ0v) is 24.2. The molecule has 0 saturated carbocycles. The molecule has 0 aromatic heterocycles. The number of hydrogen-bond donors (Lipinski definition) is 4. The summed E-state index contributed by atoms with van der Waals surface area (Å²) in [6.07, 6.45) is 2.39. The lowest BCUT2D eigenvalue weighted by molar-refractivity contribution is -0.0580. The van der Waals surface area contributed by atoms with Crippen LogP contribution in [0.3, 0.4) is 0 Å². The monoisotopic (exact) mass is 559 g/mol. The highest BCUT2D eigenvalue weighted by atomic mass is 19.1. The Morgan fingerprint density at radius 2 is 1.93 bits per heavy atom. The zero-order chi connectivity index (χ0) is 29.1. The van der Waals surface area contributed by atoms with Gasteiger partial charge in [0.25, 0.3) is 0 Å². The molecule has 1 fully saturated rings. The molecule has 222 valence electrons. The third kappa shape index (κ3) is 8.16. The van der Waals surface area contributed by atoms with Crippen molar-refractivity contribution < 1.29 is 28.9 Å². The summed E-state index contributed by atoms with van der Waals surface area (Å²) in [7, 11) is 3.42. The summed E-state index contributed by atoms with van der Waals surface area (Å²) in [6, 6.07) is 12.8. The summed E-state index contributed by atoms with van der Waals surface area (Å²) in [5.41, 5.74) is -1.06. The number of carbonyl (C=O) groups is 1. The average molecular weight is 560 g/mol. The Balaban J connectivity index is 1.90. The molecule has 1 saturated heterocycles. The molecule has 8 nitrogen and oxygen atoms in total. The van der Waals surface area contributed by atoms with E-state index in [0.717, 1.165) is 6.42 Å². The van der Waals surface area contributed by atoms with Crippen LogP contribution in [-0.4, -0.2) is 73.7 Å². The first kappa shape index (κ1) is 31.8. The van der Waals surface area contributed by atoms with Gasteiger partial charge in [0.05, 0.1) is 17.7 Å². The van der Waals surface area contributed by atoms with Gasteiger partial charge in [0.2, 0.25) is 0 Å². The summed E-state index contributed by atoms with van der Waals surface area (Å²) >= 11 is 0. The second-order valence-electron chi connectivity index (χ2n) is 11.0. The number of nitrogens with zero attached hydrogens (tertiary/aromatic N) is 1. The lowest BCUT2D eigenvalue weighted by atomic mass is 9.73. The number of benzene rings is 2. The molecule has 4 unspecified atom stereocenters. The summed E-state index contributed by atoms with van der Waals surface area (Å²) < 4.78 is 26.5. The minimum atomic E-state index is -1.44. The summed E-state index contributed by atoms with van der Waals surface area (Å²) in [5, 5.41) is 29.1. The number of hydrogen-bond acceptors (Lipinski definition) is 6. The van der Waals surface area contributed by atoms with E-state index in [9.17, 15) is 15.0 Å². The van der Waals surface area contributed by atoms with Gasteiger partial charge in [-0.25, -0.2) is 9.18 Å². The number of halogens is 1. The number of unbranched alkanes of at least 4 members (excludes halogenated alkanes) is 1. The highest BCUT2D eigenvalue weighted by Crippen LogP contribution is 2.45. The van der Waals surface area contributed by atoms with Crippen molar-refractivity contribution in [3.8, 4) is 11.5 Å². The number of rotatable bonds is 14. The Morgan fingerprint density at radius 1 is 1.18 bits per heavy atom. The SMILES string of the molecule is CNCC(NC(=O)N1CCCC(C(O)(CCCCOC)c2cccc(F)c2Oc2ccccc2)C1)C(O)C(C)C. The highest BCUT2D eigenvalue weighted by molar-refractivity contribution is 5.74. The number of ether oxygens (including phenoxy) is 2. The van der Waals surface area contributed by atoms with Crippen molar-refractivity contribution >= 4 is 6.03 Å². The molecule has 40 heavy (non-hydrogen) atoms. The topological polar surface area (TPSA) is 103 Å². The number of carbonyl (C=O) groups excluding carboxylic acids is 1. The number of nitrogens with one attached hydrogen (secondary N) is 2. The number of methoxy groups -OCH3 is 1. The third-order valence-electron chi connectivity index (χ3n) is 7.77. The average Bonchev–Trinajstić information content (AvgIpc) is 2.96. The summed E-state index contributed by atoms with van der Waals surface area (Å²) in [6.45, 7) is 5.62. The Hall–Kier alpha value is -2.72. The first-order valence-electron chi connectivity index (χ1n) is 14.3. The van der Waals surface area contributed by atoms with E-state index in [1.54, 1.807) is 43.3 Å². The maximum absolute atomic E-state index is 15.3. The summed E-state index contributed by atoms with van der Waals surface area (Å²) in [4.78, 5) is 15.1. The lowest BCUT2D eigenvalue weighted by Gasteiger charge is -2.43. The van der Waals surface area contributed by atoms with E-state index in [1.807, 2.05) is 32.0 Å². The molecule has 0 bridgehead atoms. The predicted molar refractivity (Wildman–Crippen MR) is 154 cm³/mol. The number of amides is 2. The van der Waals surface area contributed by atoms with Gasteiger partial charge >= 0.3 is 6.03 Å². The number of urea groups is 1. The molecular weight excluding hydrogens is 513 g/mol. The van der Waals surface area contributed by atoms with Crippen molar-refractivity contribution in [2.24, 2.45) is 11.8 Å². The molecule has 2 aromatic rings. The van der Waals surface area contributed by atoms with Crippen molar-refractivity contribution in [3.05, 3.63) is 59.9 Å². The Bertz CT molecular complexity index is 1060. The first-order chi connectivity index (χ1) is 19.2. The fourth-order valence-corrected chi connectivity index (χ4v) is 5.50. The Kier molecular flexibility index (Phi) is 12.2. The standard InChI is InChI=1S/C31H46FN3O5/c1-22(2)28(36)27(20-33-3)34-30(37)35-18-11-12-23(21-35)31(38,17-8-9-19-39-4)25-15-10-16-26(32)29(25)40-24-13-6-5-7-14-24/h5-7,10,13-16,22-23,27-28,33,36,38H,8-9,11-12,17-21H2,1-4H3,(H,34,37). The van der Waals surface area contributed by atoms with Gasteiger partial charge in [0, 0.05) is 44.8 Å². The Labute approximate surface area is 237 Å². The van der Waals surface area contributed by atoms with Crippen LogP contribution in [0.1, 0.15) is 51.5 Å². The molecular formula is C31H46FN3O5. The van der Waals surface area contributed by atoms with E-state index in [-0.39, 0.29) is 30.2 Å². The second kappa shape index (κ2) is 15.3. The molecule has 0 spiro atoms. The number of likely N-dealkylation sites (N-methyl/N-ethyl adjacent to an activating group) is 1. The van der Waals surface area contributed by atoms with E-state index in [1.165, 1.54) is 6.07 Å². The van der Waals surface area contributed by atoms with Gasteiger partial charge in [-0.2, -0.15) is 0 Å². The minimum Gasteiger partial charge on any atom is -0.454 e. The van der Waals surface area contributed by atoms with Crippen LogP contribution in [-0.2, 0) is 10.3 Å². The molecule has 0 aliphatic carbocycles. The molecule has 2 amide bonds. The van der Waals surface area contributed by atoms with Gasteiger partial charge < -0.3 is 35.2 Å². The molecule has 1 aliphatic rings. The highest BCUT2D eigenvalue weighted by Gasteiger charge is 2.44. The minimum absolute atomic E-state index is 0.00124. The third-order valence-corrected chi connectivity index (χ3v) is 7.77. The number of aliphatic hydroxyl groups is 2. The molecule has 4 N–H and O–H groups in total. The number of aliphatic hydroxyl groups excluding tert-OH is 1. The van der Waals surface area contributed by atoms with Crippen molar-refractivity contribution in [1.29, 1.82) is 0 Å². The molecule has 0 radical (unpaired) electrons. The second-order valence-corrected chi connectivity index (χ2v) is 11.0. The van der Waals surface area contributed by atoms with Gasteiger partial charge in [-0.1, -0.05) is 44.2 Å². The van der Waals surface area contributed by atoms with E-state index in [0.29, 0.717) is 56.7 Å². The van der Waals surface area contributed by atoms with Crippen molar-refractivity contribution in [2.75, 3.05) is 40.4 Å². The van der Waals surface area contributed by atoms with E-state index < -0.39 is 23.6 Å². The van der Waals surface area contributed by atoms with Gasteiger partial charge in [-0.15, -0.1) is 0 Å². The van der Waals surface area contributed by atoms with Crippen molar-refractivity contribution in [1.82, 2.24) is 15.5 Å². The largest absolute Gasteiger partial charge is 0.454 e. The fourth-order valence-electron chi connectivity index (χ4n) is 5.50. The molecule has 1 aliphatic heterocycles. The van der Waals surface area contributed by atoms with Gasteiger partial charge in [0.1, 0.15) is 5.75 Å². The van der Waals surface area contributed by atoms with E-state index >= 15 is 4.39 Å². The van der Waals surface area contributed by atoms with Crippen LogP contribution >= 0.6 is 0 Å². The fraction of sp³-hybridized carbons (Fsp3) is 0.581. The zero-order valence-electron chi connectivity index (χ0n) is 24.2. The Morgan fingerprint density at radius 3 is 2.60 bits per heavy atom. The van der Waals surface area contributed by atoms with Crippen LogP contribution < -0.4 is 15.4 Å². The van der Waals surface area contributed by atoms with E-state index in [4.69, 9.17) is 9.47 Å². The molecule has 9 heteroatoms. The maximum Gasteiger partial charge on any atom is 0.317 e. The predicted octanol–water partition coefficient (Wildman–Crippen LogP) is 4.65. The number of para-hydroxylation sites is 2. The molecule has 3 rings (SSSR count). The van der Waals surface area contributed by atoms with E-state index in [2.05, 4.69) is 10.6 Å². The van der Waals surface area contributed by atoms with Crippen molar-refractivity contribution in [3.63, 3.8) is 0 Å². The van der Waals surface area contributed by atoms with Crippen LogP contribution in [0, 0.1) is 17.7 Å². The van der Waals surface area contributed by atoms with Gasteiger partial charge in [0.15, 0.2) is 11.6 Å². The first-order valence-corrected chi connectivity index (χ1v) is 14.3. The van der Waals surface area contributed by atoms with Crippen LogP contribution in [0.25, 0.3) is 0 Å². The molecule has 4 atom stereocenters. The maximum atomic E-state index is 15.3.